The van der Waals surface area contributed by atoms with Gasteiger partial charge in [0.2, 0.25) is 0 Å². The van der Waals surface area contributed by atoms with Crippen molar-refractivity contribution in [2.24, 2.45) is 4.99 Å². The lowest BCUT2D eigenvalue weighted by molar-refractivity contribution is 0.390. The summed E-state index contributed by atoms with van der Waals surface area (Å²) in [5, 5.41) is 1.06. The second-order valence-electron chi connectivity index (χ2n) is 6.04. The Morgan fingerprint density at radius 2 is 1.69 bits per heavy atom. The number of nitrogens with zero attached hydrogens (tertiary/aromatic N) is 1. The number of ether oxygens (including phenoxy) is 1. The molecule has 5 nitrogen and oxygen atoms in total. The van der Waals surface area contributed by atoms with Crippen LogP contribution in [-0.2, 0) is 10.1 Å². The maximum atomic E-state index is 12.5. The van der Waals surface area contributed by atoms with Gasteiger partial charge in [-0.05, 0) is 72.6 Å². The Morgan fingerprint density at radius 1 is 0.966 bits per heavy atom. The molecule has 0 fully saturated rings. The van der Waals surface area contributed by atoms with Gasteiger partial charge in [-0.1, -0.05) is 29.3 Å². The molecule has 0 N–H and O–H groups in total. The third kappa shape index (κ3) is 5.09. The minimum Gasteiger partial charge on any atom is -0.493 e. The molecule has 0 atom stereocenters. The molecular weight excluding hydrogens is 433 g/mol. The van der Waals surface area contributed by atoms with Gasteiger partial charge >= 0.3 is 10.1 Å². The molecule has 0 aromatic heterocycles. The Balaban J connectivity index is 1.86. The standard InChI is InChI=1S/C21H17Cl2NO4S/c1-14-18(23)4-3-5-19(14)24-13-15-6-11-20(21(12-15)27-2)28-29(25,26)17-9-7-16(22)8-10-17/h3-13H,1-2H3. The van der Waals surface area contributed by atoms with Crippen LogP contribution in [0.25, 0.3) is 0 Å². The summed E-state index contributed by atoms with van der Waals surface area (Å²) in [5.74, 6) is 0.327. The predicted octanol–water partition coefficient (Wildman–Crippen LogP) is 5.83. The number of hydrogen-bond acceptors (Lipinski definition) is 5. The Kier molecular flexibility index (Phi) is 6.47. The van der Waals surface area contributed by atoms with Crippen molar-refractivity contribution in [2.75, 3.05) is 7.11 Å². The van der Waals surface area contributed by atoms with Gasteiger partial charge in [0.1, 0.15) is 4.90 Å². The van der Waals surface area contributed by atoms with E-state index in [4.69, 9.17) is 32.1 Å². The molecule has 3 aromatic rings. The second kappa shape index (κ2) is 8.86. The van der Waals surface area contributed by atoms with Gasteiger partial charge in [-0.2, -0.15) is 8.42 Å². The van der Waals surface area contributed by atoms with Gasteiger partial charge in [0.15, 0.2) is 11.5 Å². The minimum atomic E-state index is -4.03. The quantitative estimate of drug-likeness (QED) is 0.350. The highest BCUT2D eigenvalue weighted by molar-refractivity contribution is 7.87. The Bertz CT molecular complexity index is 1160. The number of methoxy groups -OCH3 is 1. The lowest BCUT2D eigenvalue weighted by Crippen LogP contribution is -2.10. The van der Waals surface area contributed by atoms with Crippen molar-refractivity contribution >= 4 is 45.2 Å². The summed E-state index contributed by atoms with van der Waals surface area (Å²) < 4.78 is 35.5. The molecule has 0 unspecified atom stereocenters. The molecule has 0 amide bonds. The van der Waals surface area contributed by atoms with Crippen LogP contribution in [0.15, 0.2) is 70.6 Å². The molecule has 0 saturated heterocycles. The van der Waals surface area contributed by atoms with Gasteiger partial charge in [-0.3, -0.25) is 4.99 Å². The molecule has 0 radical (unpaired) electrons. The zero-order valence-corrected chi connectivity index (χ0v) is 17.9. The average Bonchev–Trinajstić information content (AvgIpc) is 2.70. The zero-order valence-electron chi connectivity index (χ0n) is 15.6. The van der Waals surface area contributed by atoms with Crippen LogP contribution >= 0.6 is 23.2 Å². The second-order valence-corrected chi connectivity index (χ2v) is 8.43. The highest BCUT2D eigenvalue weighted by atomic mass is 35.5. The van der Waals surface area contributed by atoms with Crippen molar-refractivity contribution in [3.8, 4) is 11.5 Å². The molecular formula is C21H17Cl2NO4S. The van der Waals surface area contributed by atoms with Crippen LogP contribution in [0.4, 0.5) is 5.69 Å². The van der Waals surface area contributed by atoms with E-state index in [-0.39, 0.29) is 16.4 Å². The fraction of sp³-hybridized carbons (Fsp3) is 0.0952. The lowest BCUT2D eigenvalue weighted by atomic mass is 10.2. The lowest BCUT2D eigenvalue weighted by Gasteiger charge is -2.11. The predicted molar refractivity (Wildman–Crippen MR) is 116 cm³/mol. The van der Waals surface area contributed by atoms with Crippen LogP contribution in [0.2, 0.25) is 10.0 Å². The van der Waals surface area contributed by atoms with Gasteiger partial charge in [0.05, 0.1) is 12.8 Å². The molecule has 0 bridgehead atoms. The monoisotopic (exact) mass is 449 g/mol. The first-order chi connectivity index (χ1) is 13.8. The molecule has 0 spiro atoms. The third-order valence-electron chi connectivity index (χ3n) is 4.08. The smallest absolute Gasteiger partial charge is 0.339 e. The van der Waals surface area contributed by atoms with Gasteiger partial charge in [0.25, 0.3) is 0 Å². The van der Waals surface area contributed by atoms with E-state index < -0.39 is 10.1 Å². The Morgan fingerprint density at radius 3 is 2.38 bits per heavy atom. The molecule has 3 rings (SSSR count). The molecule has 8 heteroatoms. The van der Waals surface area contributed by atoms with Crippen molar-refractivity contribution < 1.29 is 17.3 Å². The Labute approximate surface area is 179 Å². The molecule has 3 aromatic carbocycles. The van der Waals surface area contributed by atoms with Crippen molar-refractivity contribution in [1.82, 2.24) is 0 Å². The maximum Gasteiger partial charge on any atom is 0.339 e. The number of hydrogen-bond donors (Lipinski definition) is 0. The van der Waals surface area contributed by atoms with E-state index >= 15 is 0 Å². The summed E-state index contributed by atoms with van der Waals surface area (Å²) >= 11 is 11.9. The molecule has 0 saturated carbocycles. The number of aliphatic imine (C=N–C) groups is 1. The SMILES string of the molecule is COc1cc(C=Nc2cccc(Cl)c2C)ccc1OS(=O)(=O)c1ccc(Cl)cc1. The van der Waals surface area contributed by atoms with Crippen molar-refractivity contribution in [1.29, 1.82) is 0 Å². The summed E-state index contributed by atoms with van der Waals surface area (Å²) in [6, 6.07) is 16.0. The van der Waals surface area contributed by atoms with Gasteiger partial charge < -0.3 is 8.92 Å². The molecule has 29 heavy (non-hydrogen) atoms. The molecule has 0 heterocycles. The Hall–Kier alpha value is -2.54. The van der Waals surface area contributed by atoms with Crippen molar-refractivity contribution in [3.63, 3.8) is 0 Å². The van der Waals surface area contributed by atoms with Gasteiger partial charge in [-0.15, -0.1) is 0 Å². The third-order valence-corrected chi connectivity index (χ3v) is 5.99. The van der Waals surface area contributed by atoms with E-state index in [0.717, 1.165) is 11.3 Å². The topological polar surface area (TPSA) is 65.0 Å². The van der Waals surface area contributed by atoms with Crippen LogP contribution in [-0.4, -0.2) is 21.7 Å². The summed E-state index contributed by atoms with van der Waals surface area (Å²) in [5.41, 5.74) is 2.31. The maximum absolute atomic E-state index is 12.5. The van der Waals surface area contributed by atoms with E-state index in [1.165, 1.54) is 37.4 Å². The molecule has 0 aliphatic rings. The van der Waals surface area contributed by atoms with Crippen LogP contribution < -0.4 is 8.92 Å². The fourth-order valence-corrected chi connectivity index (χ4v) is 3.72. The minimum absolute atomic E-state index is 0.00831. The first-order valence-electron chi connectivity index (χ1n) is 8.47. The van der Waals surface area contributed by atoms with E-state index in [0.29, 0.717) is 15.6 Å². The van der Waals surface area contributed by atoms with Crippen LogP contribution in [0.1, 0.15) is 11.1 Å². The van der Waals surface area contributed by atoms with Crippen LogP contribution in [0, 0.1) is 6.92 Å². The van der Waals surface area contributed by atoms with E-state index in [9.17, 15) is 8.42 Å². The van der Waals surface area contributed by atoms with Gasteiger partial charge in [0, 0.05) is 16.3 Å². The molecule has 150 valence electrons. The normalized spacial score (nSPS) is 11.6. The number of halogens is 2. The summed E-state index contributed by atoms with van der Waals surface area (Å²) in [6.45, 7) is 1.88. The number of rotatable bonds is 6. The number of benzene rings is 3. The zero-order chi connectivity index (χ0) is 21.0. The molecule has 0 aliphatic carbocycles. The average molecular weight is 450 g/mol. The van der Waals surface area contributed by atoms with Crippen molar-refractivity contribution in [3.05, 3.63) is 81.8 Å². The van der Waals surface area contributed by atoms with E-state index in [1.807, 2.05) is 19.1 Å². The fourth-order valence-electron chi connectivity index (χ4n) is 2.48. The van der Waals surface area contributed by atoms with E-state index in [2.05, 4.69) is 4.99 Å². The van der Waals surface area contributed by atoms with Crippen molar-refractivity contribution in [2.45, 2.75) is 11.8 Å². The van der Waals surface area contributed by atoms with E-state index in [1.54, 1.807) is 24.4 Å². The summed E-state index contributed by atoms with van der Waals surface area (Å²) in [6.07, 6.45) is 1.64. The highest BCUT2D eigenvalue weighted by Crippen LogP contribution is 2.31. The van der Waals surface area contributed by atoms with Crippen LogP contribution in [0.3, 0.4) is 0 Å². The first kappa shape index (κ1) is 21.2. The summed E-state index contributed by atoms with van der Waals surface area (Å²) in [7, 11) is -2.60. The first-order valence-corrected chi connectivity index (χ1v) is 10.6. The highest BCUT2D eigenvalue weighted by Gasteiger charge is 2.19. The van der Waals surface area contributed by atoms with Crippen LogP contribution in [0.5, 0.6) is 11.5 Å². The molecule has 0 aliphatic heterocycles. The summed E-state index contributed by atoms with van der Waals surface area (Å²) in [4.78, 5) is 4.43. The largest absolute Gasteiger partial charge is 0.493 e. The van der Waals surface area contributed by atoms with Gasteiger partial charge in [-0.25, -0.2) is 0 Å².